The first-order valence-corrected chi connectivity index (χ1v) is 11.4. The van der Waals surface area contributed by atoms with Crippen molar-refractivity contribution in [2.45, 2.75) is 136 Å². The van der Waals surface area contributed by atoms with Crippen molar-refractivity contribution < 1.29 is 9.90 Å². The van der Waals surface area contributed by atoms with Crippen LogP contribution in [0.2, 0.25) is 0 Å². The first kappa shape index (κ1) is 27.4. The molecule has 2 nitrogen and oxygen atoms in total. The third-order valence-electron chi connectivity index (χ3n) is 4.82. The number of hydrogen-bond donors (Lipinski definition) is 1. The molecular weight excluding hydrogens is 320 g/mol. The fraction of sp³-hybridized carbons (Fsp3) is 0.875. The molecule has 0 aromatic rings. The highest BCUT2D eigenvalue weighted by molar-refractivity contribution is 5.84. The van der Waals surface area contributed by atoms with Gasteiger partial charge in [0.15, 0.2) is 0 Å². The number of carboxylic acid groups (broad SMARTS) is 1. The SMILES string of the molecule is C=C(C)C(=O)O.CCCCCCCCCCCCCCCCCCCC. The highest BCUT2D eigenvalue weighted by atomic mass is 16.4. The van der Waals surface area contributed by atoms with Gasteiger partial charge in [-0.1, -0.05) is 136 Å². The van der Waals surface area contributed by atoms with E-state index >= 15 is 0 Å². The van der Waals surface area contributed by atoms with E-state index in [1.165, 1.54) is 122 Å². The zero-order valence-corrected chi connectivity index (χ0v) is 18.3. The molecule has 0 bridgehead atoms. The Labute approximate surface area is 164 Å². The first-order valence-electron chi connectivity index (χ1n) is 11.4. The van der Waals surface area contributed by atoms with E-state index in [2.05, 4.69) is 20.4 Å². The van der Waals surface area contributed by atoms with Gasteiger partial charge in [0.05, 0.1) is 0 Å². The quantitative estimate of drug-likeness (QED) is 0.194. The molecule has 0 fully saturated rings. The van der Waals surface area contributed by atoms with Crippen molar-refractivity contribution >= 4 is 5.97 Å². The van der Waals surface area contributed by atoms with Gasteiger partial charge in [-0.15, -0.1) is 0 Å². The van der Waals surface area contributed by atoms with E-state index in [0.717, 1.165) is 0 Å². The van der Waals surface area contributed by atoms with Crippen LogP contribution < -0.4 is 0 Å². The second-order valence-electron chi connectivity index (χ2n) is 7.74. The van der Waals surface area contributed by atoms with E-state index in [9.17, 15) is 4.79 Å². The number of unbranched alkanes of at least 4 members (excludes halogenated alkanes) is 17. The lowest BCUT2D eigenvalue weighted by atomic mass is 10.0. The standard InChI is InChI=1S/C20H42.C4H6O2/c1-3-5-7-9-11-13-15-17-19-20-18-16-14-12-10-8-6-4-2;1-3(2)4(5)6/h3-20H2,1-2H3;1H2,2H3,(H,5,6). The van der Waals surface area contributed by atoms with Crippen LogP contribution in [0.4, 0.5) is 0 Å². The summed E-state index contributed by atoms with van der Waals surface area (Å²) in [6.07, 6.45) is 26.4. The maximum Gasteiger partial charge on any atom is 0.330 e. The monoisotopic (exact) mass is 368 g/mol. The second-order valence-corrected chi connectivity index (χ2v) is 7.74. The summed E-state index contributed by atoms with van der Waals surface area (Å²) in [6, 6.07) is 0. The van der Waals surface area contributed by atoms with E-state index in [1.807, 2.05) is 0 Å². The van der Waals surface area contributed by atoms with Crippen LogP contribution in [0.5, 0.6) is 0 Å². The molecule has 0 atom stereocenters. The van der Waals surface area contributed by atoms with Crippen LogP contribution in [0.25, 0.3) is 0 Å². The molecule has 0 amide bonds. The predicted octanol–water partition coefficient (Wildman–Crippen LogP) is 8.70. The molecule has 0 aliphatic carbocycles. The maximum atomic E-state index is 9.60. The highest BCUT2D eigenvalue weighted by Gasteiger charge is 1.94. The van der Waals surface area contributed by atoms with Crippen LogP contribution in [0.1, 0.15) is 136 Å². The van der Waals surface area contributed by atoms with Crippen LogP contribution in [0.15, 0.2) is 12.2 Å². The molecule has 0 aliphatic rings. The maximum absolute atomic E-state index is 9.60. The van der Waals surface area contributed by atoms with E-state index in [1.54, 1.807) is 0 Å². The number of hydrogen-bond acceptors (Lipinski definition) is 1. The van der Waals surface area contributed by atoms with E-state index < -0.39 is 5.97 Å². The Hall–Kier alpha value is -0.790. The van der Waals surface area contributed by atoms with Crippen molar-refractivity contribution in [3.8, 4) is 0 Å². The Kier molecular flexibility index (Phi) is 25.5. The Morgan fingerprint density at radius 2 is 0.731 bits per heavy atom. The molecule has 0 heterocycles. The van der Waals surface area contributed by atoms with Gasteiger partial charge in [0.2, 0.25) is 0 Å². The lowest BCUT2D eigenvalue weighted by Gasteiger charge is -2.03. The van der Waals surface area contributed by atoms with Gasteiger partial charge in [0, 0.05) is 5.57 Å². The summed E-state index contributed by atoms with van der Waals surface area (Å²) in [5, 5.41) is 7.89. The summed E-state index contributed by atoms with van der Waals surface area (Å²) in [6.45, 7) is 9.20. The minimum Gasteiger partial charge on any atom is -0.478 e. The number of carbonyl (C=O) groups is 1. The van der Waals surface area contributed by atoms with E-state index in [0.29, 0.717) is 0 Å². The van der Waals surface area contributed by atoms with Gasteiger partial charge in [0.1, 0.15) is 0 Å². The molecular formula is C24H48O2. The van der Waals surface area contributed by atoms with Crippen molar-refractivity contribution in [2.24, 2.45) is 0 Å². The molecule has 2 heteroatoms. The molecule has 0 unspecified atom stereocenters. The molecule has 0 aliphatic heterocycles. The van der Waals surface area contributed by atoms with Crippen molar-refractivity contribution in [1.82, 2.24) is 0 Å². The summed E-state index contributed by atoms with van der Waals surface area (Å²) in [4.78, 5) is 9.60. The third-order valence-corrected chi connectivity index (χ3v) is 4.82. The van der Waals surface area contributed by atoms with Crippen molar-refractivity contribution in [3.05, 3.63) is 12.2 Å². The zero-order chi connectivity index (χ0) is 19.9. The molecule has 0 saturated carbocycles. The molecule has 0 rings (SSSR count). The Morgan fingerprint density at radius 1 is 0.577 bits per heavy atom. The molecule has 156 valence electrons. The van der Waals surface area contributed by atoms with E-state index in [-0.39, 0.29) is 5.57 Å². The van der Waals surface area contributed by atoms with E-state index in [4.69, 9.17) is 5.11 Å². The van der Waals surface area contributed by atoms with Gasteiger partial charge in [-0.3, -0.25) is 0 Å². The van der Waals surface area contributed by atoms with Gasteiger partial charge in [-0.05, 0) is 6.92 Å². The lowest BCUT2D eigenvalue weighted by Crippen LogP contribution is -1.92. The topological polar surface area (TPSA) is 37.3 Å². The summed E-state index contributed by atoms with van der Waals surface area (Å²) in [7, 11) is 0. The van der Waals surface area contributed by atoms with Crippen LogP contribution >= 0.6 is 0 Å². The smallest absolute Gasteiger partial charge is 0.330 e. The number of carboxylic acids is 1. The molecule has 0 aromatic carbocycles. The highest BCUT2D eigenvalue weighted by Crippen LogP contribution is 2.14. The average molecular weight is 369 g/mol. The van der Waals surface area contributed by atoms with Crippen molar-refractivity contribution in [3.63, 3.8) is 0 Å². The molecule has 1 N–H and O–H groups in total. The van der Waals surface area contributed by atoms with Crippen molar-refractivity contribution in [1.29, 1.82) is 0 Å². The summed E-state index contributed by atoms with van der Waals surface area (Å²) < 4.78 is 0. The van der Waals surface area contributed by atoms with Crippen LogP contribution in [-0.2, 0) is 4.79 Å². The van der Waals surface area contributed by atoms with Crippen LogP contribution in [-0.4, -0.2) is 11.1 Å². The predicted molar refractivity (Wildman–Crippen MR) is 117 cm³/mol. The van der Waals surface area contributed by atoms with Gasteiger partial charge >= 0.3 is 5.97 Å². The van der Waals surface area contributed by atoms with Gasteiger partial charge in [-0.2, -0.15) is 0 Å². The first-order chi connectivity index (χ1) is 12.6. The van der Waals surface area contributed by atoms with Crippen molar-refractivity contribution in [2.75, 3.05) is 0 Å². The minimum atomic E-state index is -0.935. The summed E-state index contributed by atoms with van der Waals surface area (Å²) in [5.41, 5.74) is 0.176. The summed E-state index contributed by atoms with van der Waals surface area (Å²) >= 11 is 0. The van der Waals surface area contributed by atoms with Gasteiger partial charge in [0.25, 0.3) is 0 Å². The molecule has 0 spiro atoms. The fourth-order valence-corrected chi connectivity index (χ4v) is 2.97. The molecule has 26 heavy (non-hydrogen) atoms. The fourth-order valence-electron chi connectivity index (χ4n) is 2.97. The average Bonchev–Trinajstić information content (AvgIpc) is 2.62. The van der Waals surface area contributed by atoms with Crippen LogP contribution in [0, 0.1) is 0 Å². The Bertz CT molecular complexity index is 267. The number of rotatable bonds is 18. The Morgan fingerprint density at radius 3 is 0.846 bits per heavy atom. The largest absolute Gasteiger partial charge is 0.478 e. The van der Waals surface area contributed by atoms with Gasteiger partial charge in [-0.25, -0.2) is 4.79 Å². The minimum absolute atomic E-state index is 0.176. The number of aliphatic carboxylic acids is 1. The normalized spacial score (nSPS) is 10.3. The second kappa shape index (κ2) is 24.2. The van der Waals surface area contributed by atoms with Gasteiger partial charge < -0.3 is 5.11 Å². The molecule has 0 aromatic heterocycles. The lowest BCUT2D eigenvalue weighted by molar-refractivity contribution is -0.132. The molecule has 0 saturated heterocycles. The Balaban J connectivity index is 0. The zero-order valence-electron chi connectivity index (χ0n) is 18.3. The summed E-state index contributed by atoms with van der Waals surface area (Å²) in [5.74, 6) is -0.935. The molecule has 0 radical (unpaired) electrons. The third kappa shape index (κ3) is 28.0. The van der Waals surface area contributed by atoms with Crippen LogP contribution in [0.3, 0.4) is 0 Å².